The Balaban J connectivity index is 1.42. The molecule has 1 aliphatic rings. The highest BCUT2D eigenvalue weighted by molar-refractivity contribution is 7.18. The van der Waals surface area contributed by atoms with Crippen molar-refractivity contribution >= 4 is 27.5 Å². The Morgan fingerprint density at radius 3 is 3.00 bits per heavy atom. The highest BCUT2D eigenvalue weighted by Crippen LogP contribution is 2.33. The monoisotopic (exact) mass is 368 g/mol. The molecule has 0 saturated heterocycles. The molecular weight excluding hydrogens is 348 g/mol. The zero-order valence-electron chi connectivity index (χ0n) is 14.4. The maximum absolute atomic E-state index is 12.5. The molecule has 3 heterocycles. The largest absolute Gasteiger partial charge is 0.350 e. The minimum Gasteiger partial charge on any atom is -0.350 e. The number of thiophene rings is 1. The molecule has 0 bridgehead atoms. The Morgan fingerprint density at radius 2 is 2.15 bits per heavy atom. The number of carbonyl (C=O) groups excluding carboxylic acids is 1. The summed E-state index contributed by atoms with van der Waals surface area (Å²) >= 11 is 1.63. The van der Waals surface area contributed by atoms with Gasteiger partial charge in [0.1, 0.15) is 10.7 Å². The molecule has 0 fully saturated rings. The lowest BCUT2D eigenvalue weighted by Crippen LogP contribution is -2.24. The van der Waals surface area contributed by atoms with Crippen molar-refractivity contribution in [2.24, 2.45) is 0 Å². The number of nitrogens with one attached hydrogen (secondary N) is 2. The first-order chi connectivity index (χ1) is 12.7. The van der Waals surface area contributed by atoms with E-state index in [0.29, 0.717) is 18.8 Å². The maximum Gasteiger partial charge on any atom is 0.259 e. The van der Waals surface area contributed by atoms with Crippen LogP contribution >= 0.6 is 11.3 Å². The Bertz CT molecular complexity index is 994. The normalized spacial score (nSPS) is 13.5. The lowest BCUT2D eigenvalue weighted by molar-refractivity contribution is -0.121. The molecule has 0 unspecified atom stereocenters. The predicted molar refractivity (Wildman–Crippen MR) is 101 cm³/mol. The molecule has 6 nitrogen and oxygen atoms in total. The maximum atomic E-state index is 12.5. The molecule has 26 heavy (non-hydrogen) atoms. The third-order valence-corrected chi connectivity index (χ3v) is 5.84. The van der Waals surface area contributed by atoms with Crippen molar-refractivity contribution in [2.75, 3.05) is 0 Å². The van der Waals surface area contributed by atoms with E-state index in [0.717, 1.165) is 35.2 Å². The van der Waals surface area contributed by atoms with Gasteiger partial charge in [-0.2, -0.15) is 0 Å². The quantitative estimate of drug-likeness (QED) is 0.724. The van der Waals surface area contributed by atoms with E-state index in [9.17, 15) is 9.59 Å². The first-order valence-corrected chi connectivity index (χ1v) is 9.72. The molecule has 1 aliphatic carbocycles. The second kappa shape index (κ2) is 7.37. The lowest BCUT2D eigenvalue weighted by Gasteiger charge is -2.09. The summed E-state index contributed by atoms with van der Waals surface area (Å²) in [6.07, 6.45) is 6.73. The molecule has 0 spiro atoms. The minimum absolute atomic E-state index is 0.0710. The van der Waals surface area contributed by atoms with Gasteiger partial charge in [-0.1, -0.05) is 6.07 Å². The van der Waals surface area contributed by atoms with Gasteiger partial charge in [-0.05, 0) is 43.4 Å². The Hall–Kier alpha value is -2.54. The van der Waals surface area contributed by atoms with Crippen LogP contribution in [0.4, 0.5) is 0 Å². The third kappa shape index (κ3) is 3.53. The number of nitrogens with zero attached hydrogens (tertiary/aromatic N) is 2. The summed E-state index contributed by atoms with van der Waals surface area (Å²) in [5, 5.41) is 3.60. The fourth-order valence-electron chi connectivity index (χ4n) is 3.34. The number of carbonyl (C=O) groups is 1. The van der Waals surface area contributed by atoms with Crippen LogP contribution in [0.2, 0.25) is 0 Å². The fourth-order valence-corrected chi connectivity index (χ4v) is 4.62. The predicted octanol–water partition coefficient (Wildman–Crippen LogP) is 2.51. The van der Waals surface area contributed by atoms with Crippen molar-refractivity contribution < 1.29 is 4.79 Å². The van der Waals surface area contributed by atoms with Gasteiger partial charge >= 0.3 is 0 Å². The average molecular weight is 368 g/mol. The second-order valence-corrected chi connectivity index (χ2v) is 7.59. The van der Waals surface area contributed by atoms with Gasteiger partial charge in [-0.25, -0.2) is 4.98 Å². The van der Waals surface area contributed by atoms with E-state index in [4.69, 9.17) is 0 Å². The smallest absolute Gasteiger partial charge is 0.259 e. The number of pyridine rings is 1. The number of fused-ring (bicyclic) bond motifs is 3. The van der Waals surface area contributed by atoms with E-state index in [1.165, 1.54) is 16.9 Å². The fraction of sp³-hybridized carbons (Fsp3) is 0.368. The molecule has 134 valence electrons. The number of hydrogen-bond acceptors (Lipinski definition) is 5. The summed E-state index contributed by atoms with van der Waals surface area (Å²) in [6.45, 7) is 0.403. The topological polar surface area (TPSA) is 87.7 Å². The summed E-state index contributed by atoms with van der Waals surface area (Å²) in [7, 11) is 0. The zero-order valence-corrected chi connectivity index (χ0v) is 15.2. The van der Waals surface area contributed by atoms with Gasteiger partial charge in [0.25, 0.3) is 5.56 Å². The number of H-pyrrole nitrogens is 1. The van der Waals surface area contributed by atoms with Crippen LogP contribution in [0, 0.1) is 0 Å². The number of rotatable bonds is 5. The van der Waals surface area contributed by atoms with Gasteiger partial charge in [-0.3, -0.25) is 14.6 Å². The summed E-state index contributed by atoms with van der Waals surface area (Å²) < 4.78 is 0. The Labute approximate surface area is 154 Å². The molecule has 4 rings (SSSR count). The van der Waals surface area contributed by atoms with E-state index in [2.05, 4.69) is 20.3 Å². The van der Waals surface area contributed by atoms with E-state index in [1.807, 2.05) is 18.2 Å². The Kier molecular flexibility index (Phi) is 4.79. The molecule has 1 amide bonds. The first-order valence-electron chi connectivity index (χ1n) is 8.91. The van der Waals surface area contributed by atoms with Gasteiger partial charge < -0.3 is 10.3 Å². The molecule has 0 aromatic carbocycles. The molecule has 0 radical (unpaired) electrons. The average Bonchev–Trinajstić information content (AvgIpc) is 3.04. The highest BCUT2D eigenvalue weighted by Gasteiger charge is 2.19. The van der Waals surface area contributed by atoms with Crippen molar-refractivity contribution in [3.63, 3.8) is 0 Å². The molecule has 0 saturated carbocycles. The van der Waals surface area contributed by atoms with Crippen molar-refractivity contribution in [1.29, 1.82) is 0 Å². The van der Waals surface area contributed by atoms with Gasteiger partial charge in [0.15, 0.2) is 0 Å². The molecule has 3 aromatic heterocycles. The number of aromatic amines is 1. The molecule has 3 aromatic rings. The first kappa shape index (κ1) is 16.9. The summed E-state index contributed by atoms with van der Waals surface area (Å²) in [5.41, 5.74) is 1.93. The third-order valence-electron chi connectivity index (χ3n) is 4.66. The minimum atomic E-state index is -0.0797. The van der Waals surface area contributed by atoms with Crippen LogP contribution in [-0.4, -0.2) is 20.9 Å². The van der Waals surface area contributed by atoms with Gasteiger partial charge in [0.2, 0.25) is 5.91 Å². The van der Waals surface area contributed by atoms with Crippen LogP contribution in [0.25, 0.3) is 10.2 Å². The SMILES string of the molecule is O=C(CCc1nc2sc3c(c2c(=O)[nH]1)CCCC3)NCc1ccccn1. The van der Waals surface area contributed by atoms with Gasteiger partial charge in [0.05, 0.1) is 17.6 Å². The van der Waals surface area contributed by atoms with E-state index in [-0.39, 0.29) is 17.9 Å². The highest BCUT2D eigenvalue weighted by atomic mass is 32.1. The molecule has 2 N–H and O–H groups in total. The number of amides is 1. The molecule has 0 aliphatic heterocycles. The van der Waals surface area contributed by atoms with Crippen molar-refractivity contribution in [3.05, 3.63) is 56.7 Å². The number of hydrogen-bond donors (Lipinski definition) is 2. The molecular formula is C19H20N4O2S. The molecule has 7 heteroatoms. The van der Waals surface area contributed by atoms with Gasteiger partial charge in [0, 0.05) is 23.9 Å². The summed E-state index contributed by atoms with van der Waals surface area (Å²) in [6, 6.07) is 5.59. The molecule has 0 atom stereocenters. The second-order valence-electron chi connectivity index (χ2n) is 6.50. The van der Waals surface area contributed by atoms with Crippen LogP contribution in [0.3, 0.4) is 0 Å². The van der Waals surface area contributed by atoms with E-state index >= 15 is 0 Å². The van der Waals surface area contributed by atoms with Crippen LogP contribution in [0.15, 0.2) is 29.2 Å². The van der Waals surface area contributed by atoms with Crippen LogP contribution in [0.5, 0.6) is 0 Å². The van der Waals surface area contributed by atoms with Crippen molar-refractivity contribution in [3.8, 4) is 0 Å². The van der Waals surface area contributed by atoms with E-state index < -0.39 is 0 Å². The van der Waals surface area contributed by atoms with Gasteiger partial charge in [-0.15, -0.1) is 11.3 Å². The standard InChI is InChI=1S/C19H20N4O2S/c24-16(21-11-12-5-3-4-10-20-12)9-8-15-22-18(25)17-13-6-1-2-7-14(13)26-19(17)23-15/h3-5,10H,1-2,6-9,11H2,(H,21,24)(H,22,23,25). The number of aromatic nitrogens is 3. The van der Waals surface area contributed by atoms with Crippen LogP contribution in [-0.2, 0) is 30.6 Å². The van der Waals surface area contributed by atoms with Crippen LogP contribution < -0.4 is 10.9 Å². The van der Waals surface area contributed by atoms with Crippen LogP contribution in [0.1, 0.15) is 41.2 Å². The van der Waals surface area contributed by atoms with E-state index in [1.54, 1.807) is 17.5 Å². The lowest BCUT2D eigenvalue weighted by atomic mass is 9.97. The van der Waals surface area contributed by atoms with Crippen molar-refractivity contribution in [1.82, 2.24) is 20.3 Å². The van der Waals surface area contributed by atoms with Crippen molar-refractivity contribution in [2.45, 2.75) is 45.1 Å². The summed E-state index contributed by atoms with van der Waals surface area (Å²) in [4.78, 5) is 38.3. The zero-order chi connectivity index (χ0) is 17.9. The Morgan fingerprint density at radius 1 is 1.27 bits per heavy atom. The number of aryl methyl sites for hydroxylation is 3. The summed E-state index contributed by atoms with van der Waals surface area (Å²) in [5.74, 6) is 0.498.